The van der Waals surface area contributed by atoms with E-state index in [1.54, 1.807) is 14.0 Å². The Balaban J connectivity index is 2.62. The molecular formula is C12H19NO2. The topological polar surface area (TPSA) is 41.5 Å². The van der Waals surface area contributed by atoms with Crippen LogP contribution in [0.5, 0.6) is 5.75 Å². The van der Waals surface area contributed by atoms with E-state index in [1.165, 1.54) is 5.56 Å². The van der Waals surface area contributed by atoms with Gasteiger partial charge in [0.1, 0.15) is 5.75 Å². The van der Waals surface area contributed by atoms with Gasteiger partial charge in [-0.15, -0.1) is 0 Å². The first kappa shape index (κ1) is 12.0. The smallest absolute Gasteiger partial charge is 0.123 e. The number of hydrogen-bond acceptors (Lipinski definition) is 3. The van der Waals surface area contributed by atoms with Crippen molar-refractivity contribution in [2.24, 2.45) is 0 Å². The molecule has 0 spiro atoms. The van der Waals surface area contributed by atoms with E-state index in [1.807, 2.05) is 12.1 Å². The third kappa shape index (κ3) is 3.90. The third-order valence-corrected chi connectivity index (χ3v) is 2.19. The predicted molar refractivity (Wildman–Crippen MR) is 61.1 cm³/mol. The van der Waals surface area contributed by atoms with Gasteiger partial charge < -0.3 is 15.2 Å². The van der Waals surface area contributed by atoms with Crippen LogP contribution in [0.25, 0.3) is 0 Å². The Kier molecular flexibility index (Phi) is 4.59. The van der Waals surface area contributed by atoms with Crippen LogP contribution in [0.3, 0.4) is 0 Å². The molecule has 0 heterocycles. The van der Waals surface area contributed by atoms with Gasteiger partial charge in [0.05, 0.1) is 13.2 Å². The van der Waals surface area contributed by atoms with Crippen molar-refractivity contribution in [3.63, 3.8) is 0 Å². The van der Waals surface area contributed by atoms with Gasteiger partial charge in [0.2, 0.25) is 0 Å². The highest BCUT2D eigenvalue weighted by molar-refractivity contribution is 5.36. The van der Waals surface area contributed by atoms with Crippen LogP contribution in [0.4, 0.5) is 0 Å². The van der Waals surface area contributed by atoms with Crippen molar-refractivity contribution in [2.45, 2.75) is 26.5 Å². The van der Waals surface area contributed by atoms with Crippen LogP contribution in [0.1, 0.15) is 18.1 Å². The van der Waals surface area contributed by atoms with E-state index in [-0.39, 0.29) is 6.10 Å². The highest BCUT2D eigenvalue weighted by atomic mass is 16.5. The van der Waals surface area contributed by atoms with Gasteiger partial charge >= 0.3 is 0 Å². The summed E-state index contributed by atoms with van der Waals surface area (Å²) in [5.41, 5.74) is 2.34. The third-order valence-electron chi connectivity index (χ3n) is 2.19. The van der Waals surface area contributed by atoms with Crippen LogP contribution >= 0.6 is 0 Å². The summed E-state index contributed by atoms with van der Waals surface area (Å²) in [7, 11) is 1.67. The van der Waals surface area contributed by atoms with Crippen molar-refractivity contribution < 1.29 is 9.84 Å². The minimum Gasteiger partial charge on any atom is -0.496 e. The number of hydrogen-bond donors (Lipinski definition) is 2. The minimum absolute atomic E-state index is 0.319. The van der Waals surface area contributed by atoms with Gasteiger partial charge in [0.25, 0.3) is 0 Å². The fourth-order valence-electron chi connectivity index (χ4n) is 1.46. The number of aliphatic hydroxyl groups is 1. The van der Waals surface area contributed by atoms with Gasteiger partial charge in [-0.3, -0.25) is 0 Å². The number of nitrogens with one attached hydrogen (secondary N) is 1. The van der Waals surface area contributed by atoms with E-state index < -0.39 is 0 Å². The molecule has 0 saturated carbocycles. The molecular weight excluding hydrogens is 190 g/mol. The molecule has 1 unspecified atom stereocenters. The fourth-order valence-corrected chi connectivity index (χ4v) is 1.46. The van der Waals surface area contributed by atoms with Gasteiger partial charge in [-0.25, -0.2) is 0 Å². The first-order valence-electron chi connectivity index (χ1n) is 5.15. The zero-order valence-corrected chi connectivity index (χ0v) is 9.58. The minimum atomic E-state index is -0.319. The molecule has 0 bridgehead atoms. The van der Waals surface area contributed by atoms with Crippen LogP contribution in [0, 0.1) is 6.92 Å². The van der Waals surface area contributed by atoms with Crippen LogP contribution in [-0.2, 0) is 6.54 Å². The summed E-state index contributed by atoms with van der Waals surface area (Å²) in [4.78, 5) is 0. The van der Waals surface area contributed by atoms with E-state index in [2.05, 4.69) is 18.3 Å². The molecule has 0 aliphatic heterocycles. The molecule has 1 aromatic rings. The Hall–Kier alpha value is -1.06. The maximum Gasteiger partial charge on any atom is 0.123 e. The molecule has 0 saturated heterocycles. The summed E-state index contributed by atoms with van der Waals surface area (Å²) in [6.07, 6.45) is -0.319. The molecule has 0 radical (unpaired) electrons. The van der Waals surface area contributed by atoms with Crippen molar-refractivity contribution in [2.75, 3.05) is 13.7 Å². The van der Waals surface area contributed by atoms with Crippen molar-refractivity contribution in [3.05, 3.63) is 29.3 Å². The van der Waals surface area contributed by atoms with Gasteiger partial charge in [0.15, 0.2) is 0 Å². The normalized spacial score (nSPS) is 12.5. The van der Waals surface area contributed by atoms with Crippen molar-refractivity contribution in [1.29, 1.82) is 0 Å². The summed E-state index contributed by atoms with van der Waals surface area (Å²) < 4.78 is 5.26. The Morgan fingerprint density at radius 3 is 2.80 bits per heavy atom. The second-order valence-electron chi connectivity index (χ2n) is 3.80. The summed E-state index contributed by atoms with van der Waals surface area (Å²) in [6, 6.07) is 6.08. The molecule has 0 fully saturated rings. The maximum absolute atomic E-state index is 9.12. The molecule has 84 valence electrons. The lowest BCUT2D eigenvalue weighted by atomic mass is 10.1. The highest BCUT2D eigenvalue weighted by Crippen LogP contribution is 2.19. The number of methoxy groups -OCH3 is 1. The van der Waals surface area contributed by atoms with Crippen molar-refractivity contribution in [1.82, 2.24) is 5.32 Å². The number of aryl methyl sites for hydroxylation is 1. The lowest BCUT2D eigenvalue weighted by Crippen LogP contribution is -2.24. The van der Waals surface area contributed by atoms with Crippen LogP contribution < -0.4 is 10.1 Å². The molecule has 1 atom stereocenters. The largest absolute Gasteiger partial charge is 0.496 e. The summed E-state index contributed by atoms with van der Waals surface area (Å²) >= 11 is 0. The summed E-state index contributed by atoms with van der Waals surface area (Å²) in [5.74, 6) is 0.888. The van der Waals surface area contributed by atoms with E-state index >= 15 is 0 Å². The van der Waals surface area contributed by atoms with E-state index in [4.69, 9.17) is 9.84 Å². The molecule has 3 nitrogen and oxygen atoms in total. The lowest BCUT2D eigenvalue weighted by Gasteiger charge is -2.11. The maximum atomic E-state index is 9.12. The molecule has 0 amide bonds. The Bertz CT molecular complexity index is 310. The molecule has 1 aromatic carbocycles. The molecule has 3 heteroatoms. The Labute approximate surface area is 91.1 Å². The monoisotopic (exact) mass is 209 g/mol. The molecule has 2 N–H and O–H groups in total. The zero-order valence-electron chi connectivity index (χ0n) is 9.58. The second kappa shape index (κ2) is 5.73. The SMILES string of the molecule is COc1ccc(C)cc1CNCC(C)O. The highest BCUT2D eigenvalue weighted by Gasteiger charge is 2.03. The number of benzene rings is 1. The Morgan fingerprint density at radius 2 is 2.20 bits per heavy atom. The van der Waals surface area contributed by atoms with E-state index in [9.17, 15) is 0 Å². The summed E-state index contributed by atoms with van der Waals surface area (Å²) in [5, 5.41) is 12.3. The quantitative estimate of drug-likeness (QED) is 0.771. The van der Waals surface area contributed by atoms with Crippen molar-refractivity contribution >= 4 is 0 Å². The standard InChI is InChI=1S/C12H19NO2/c1-9-4-5-12(15-3)11(6-9)8-13-7-10(2)14/h4-6,10,13-14H,7-8H2,1-3H3. The molecule has 0 aliphatic carbocycles. The lowest BCUT2D eigenvalue weighted by molar-refractivity contribution is 0.191. The molecule has 0 aliphatic rings. The van der Waals surface area contributed by atoms with E-state index in [0.29, 0.717) is 6.54 Å². The average Bonchev–Trinajstić information content (AvgIpc) is 2.17. The summed E-state index contributed by atoms with van der Waals surface area (Å²) in [6.45, 7) is 5.13. The second-order valence-corrected chi connectivity index (χ2v) is 3.80. The van der Waals surface area contributed by atoms with Crippen molar-refractivity contribution in [3.8, 4) is 5.75 Å². The molecule has 1 rings (SSSR count). The Morgan fingerprint density at radius 1 is 1.47 bits per heavy atom. The fraction of sp³-hybridized carbons (Fsp3) is 0.500. The average molecular weight is 209 g/mol. The molecule has 15 heavy (non-hydrogen) atoms. The number of rotatable bonds is 5. The predicted octanol–water partition coefficient (Wildman–Crippen LogP) is 1.47. The van der Waals surface area contributed by atoms with Gasteiger partial charge in [-0.1, -0.05) is 17.7 Å². The molecule has 0 aromatic heterocycles. The van der Waals surface area contributed by atoms with E-state index in [0.717, 1.165) is 17.9 Å². The first-order valence-corrected chi connectivity index (χ1v) is 5.15. The van der Waals surface area contributed by atoms with Gasteiger partial charge in [-0.2, -0.15) is 0 Å². The van der Waals surface area contributed by atoms with Gasteiger partial charge in [0, 0.05) is 18.7 Å². The van der Waals surface area contributed by atoms with Gasteiger partial charge in [-0.05, 0) is 19.9 Å². The number of aliphatic hydroxyl groups excluding tert-OH is 1. The van der Waals surface area contributed by atoms with Crippen LogP contribution in [-0.4, -0.2) is 24.9 Å². The first-order chi connectivity index (χ1) is 7.13. The van der Waals surface area contributed by atoms with Crippen LogP contribution in [0.15, 0.2) is 18.2 Å². The van der Waals surface area contributed by atoms with Crippen LogP contribution in [0.2, 0.25) is 0 Å². The zero-order chi connectivity index (χ0) is 11.3. The number of ether oxygens (including phenoxy) is 1.